The van der Waals surface area contributed by atoms with Crippen LogP contribution in [0, 0.1) is 5.82 Å². The topological polar surface area (TPSA) is 58.2 Å². The second-order valence-electron chi connectivity index (χ2n) is 4.80. The molecule has 1 aromatic rings. The molecule has 21 heavy (non-hydrogen) atoms. The van der Waals surface area contributed by atoms with Crippen LogP contribution in [0.2, 0.25) is 0 Å². The summed E-state index contributed by atoms with van der Waals surface area (Å²) in [5.74, 6) is -1.60. The molecule has 1 fully saturated rings. The van der Waals surface area contributed by atoms with Crippen molar-refractivity contribution in [2.75, 3.05) is 13.1 Å². The van der Waals surface area contributed by atoms with Gasteiger partial charge in [-0.05, 0) is 37.6 Å². The maximum Gasteiger partial charge on any atom is 0.419 e. The van der Waals surface area contributed by atoms with Gasteiger partial charge in [0, 0.05) is 12.6 Å². The van der Waals surface area contributed by atoms with Gasteiger partial charge >= 0.3 is 6.18 Å². The number of piperidine rings is 1. The molecule has 1 heterocycles. The van der Waals surface area contributed by atoms with E-state index in [1.807, 2.05) is 0 Å². The number of alkyl halides is 3. The first-order valence-corrected chi connectivity index (χ1v) is 7.78. The lowest BCUT2D eigenvalue weighted by molar-refractivity contribution is -0.140. The molecule has 0 aromatic heterocycles. The van der Waals surface area contributed by atoms with Gasteiger partial charge in [-0.1, -0.05) is 0 Å². The van der Waals surface area contributed by atoms with Crippen LogP contribution in [-0.2, 0) is 16.2 Å². The van der Waals surface area contributed by atoms with Gasteiger partial charge in [0.15, 0.2) is 0 Å². The summed E-state index contributed by atoms with van der Waals surface area (Å²) in [5.41, 5.74) is -1.49. The number of nitrogens with one attached hydrogen (secondary N) is 2. The maximum atomic E-state index is 13.4. The van der Waals surface area contributed by atoms with Gasteiger partial charge in [-0.2, -0.15) is 13.2 Å². The van der Waals surface area contributed by atoms with Crippen LogP contribution < -0.4 is 10.0 Å². The van der Waals surface area contributed by atoms with E-state index in [9.17, 15) is 26.0 Å². The summed E-state index contributed by atoms with van der Waals surface area (Å²) in [6.07, 6.45) is -3.45. The quantitative estimate of drug-likeness (QED) is 0.834. The Morgan fingerprint density at radius 1 is 1.29 bits per heavy atom. The molecule has 2 rings (SSSR count). The summed E-state index contributed by atoms with van der Waals surface area (Å²) >= 11 is 0. The number of hydrogen-bond donors (Lipinski definition) is 2. The van der Waals surface area contributed by atoms with Gasteiger partial charge in [0.2, 0.25) is 10.0 Å². The highest BCUT2D eigenvalue weighted by atomic mass is 32.2. The fourth-order valence-corrected chi connectivity index (χ4v) is 3.41. The zero-order valence-corrected chi connectivity index (χ0v) is 11.7. The first-order chi connectivity index (χ1) is 9.70. The monoisotopic (exact) mass is 326 g/mol. The molecule has 0 radical (unpaired) electrons. The minimum absolute atomic E-state index is 0.353. The zero-order chi connectivity index (χ0) is 15.7. The molecule has 4 nitrogen and oxygen atoms in total. The van der Waals surface area contributed by atoms with Crippen molar-refractivity contribution >= 4 is 10.0 Å². The van der Waals surface area contributed by atoms with Crippen molar-refractivity contribution in [2.45, 2.75) is 30.0 Å². The van der Waals surface area contributed by atoms with Crippen LogP contribution in [0.3, 0.4) is 0 Å². The molecule has 1 aliphatic rings. The molecular weight excluding hydrogens is 312 g/mol. The largest absolute Gasteiger partial charge is 0.419 e. The highest BCUT2D eigenvalue weighted by molar-refractivity contribution is 7.89. The number of halogens is 4. The molecule has 1 atom stereocenters. The van der Waals surface area contributed by atoms with Crippen LogP contribution in [0.15, 0.2) is 23.1 Å². The van der Waals surface area contributed by atoms with Crippen molar-refractivity contribution in [1.29, 1.82) is 0 Å². The van der Waals surface area contributed by atoms with Crippen LogP contribution in [0.1, 0.15) is 18.4 Å². The lowest BCUT2D eigenvalue weighted by Gasteiger charge is -2.23. The first-order valence-electron chi connectivity index (χ1n) is 6.30. The van der Waals surface area contributed by atoms with Gasteiger partial charge in [0.25, 0.3) is 0 Å². The van der Waals surface area contributed by atoms with E-state index in [0.29, 0.717) is 25.1 Å². The molecule has 0 bridgehead atoms. The number of benzene rings is 1. The van der Waals surface area contributed by atoms with Crippen LogP contribution >= 0.6 is 0 Å². The van der Waals surface area contributed by atoms with Gasteiger partial charge in [-0.15, -0.1) is 0 Å². The number of sulfonamides is 1. The lowest BCUT2D eigenvalue weighted by atomic mass is 10.1. The summed E-state index contributed by atoms with van der Waals surface area (Å²) in [4.78, 5) is -0.515. The summed E-state index contributed by atoms with van der Waals surface area (Å²) < 4.78 is 77.2. The van der Waals surface area contributed by atoms with Gasteiger partial charge < -0.3 is 5.32 Å². The van der Waals surface area contributed by atoms with E-state index >= 15 is 0 Å². The van der Waals surface area contributed by atoms with Crippen molar-refractivity contribution < 1.29 is 26.0 Å². The van der Waals surface area contributed by atoms with Crippen LogP contribution in [0.4, 0.5) is 17.6 Å². The fourth-order valence-electron chi connectivity index (χ4n) is 2.13. The Kier molecular flexibility index (Phi) is 4.54. The van der Waals surface area contributed by atoms with Crippen LogP contribution in [0.25, 0.3) is 0 Å². The van der Waals surface area contributed by atoms with Crippen molar-refractivity contribution in [3.63, 3.8) is 0 Å². The van der Waals surface area contributed by atoms with Crippen molar-refractivity contribution in [1.82, 2.24) is 10.0 Å². The molecule has 2 N–H and O–H groups in total. The highest BCUT2D eigenvalue weighted by Crippen LogP contribution is 2.32. The third-order valence-corrected chi connectivity index (χ3v) is 4.69. The SMILES string of the molecule is O=S(=O)(NC1CCCNC1)c1ccc(C(F)(F)F)c(F)c1. The van der Waals surface area contributed by atoms with E-state index < -0.39 is 32.5 Å². The molecule has 0 aliphatic carbocycles. The average molecular weight is 326 g/mol. The summed E-state index contributed by atoms with van der Waals surface area (Å²) in [7, 11) is -4.04. The lowest BCUT2D eigenvalue weighted by Crippen LogP contribution is -2.45. The predicted molar refractivity (Wildman–Crippen MR) is 67.6 cm³/mol. The van der Waals surface area contributed by atoms with E-state index in [0.717, 1.165) is 19.0 Å². The normalized spacial score (nSPS) is 20.5. The predicted octanol–water partition coefficient (Wildman–Crippen LogP) is 1.87. The van der Waals surface area contributed by atoms with Gasteiger partial charge in [0.05, 0.1) is 10.5 Å². The molecule has 0 spiro atoms. The second-order valence-corrected chi connectivity index (χ2v) is 6.52. The Hall–Kier alpha value is -1.19. The standard InChI is InChI=1S/C12H14F4N2O2S/c13-11-6-9(3-4-10(11)12(14,15)16)21(19,20)18-8-2-1-5-17-7-8/h3-4,6,8,17-18H,1-2,5,7H2. The number of hydrogen-bond acceptors (Lipinski definition) is 3. The molecule has 9 heteroatoms. The second kappa shape index (κ2) is 5.90. The summed E-state index contributed by atoms with van der Waals surface area (Å²) in [6.45, 7) is 1.22. The Balaban J connectivity index is 2.22. The van der Waals surface area contributed by atoms with Crippen molar-refractivity contribution in [2.24, 2.45) is 0 Å². The molecule has 118 valence electrons. The van der Waals surface area contributed by atoms with Gasteiger partial charge in [0.1, 0.15) is 5.82 Å². The molecule has 1 unspecified atom stereocenters. The van der Waals surface area contributed by atoms with Gasteiger partial charge in [-0.25, -0.2) is 17.5 Å². The minimum atomic E-state index is -4.85. The van der Waals surface area contributed by atoms with E-state index in [4.69, 9.17) is 0 Å². The Bertz CT molecular complexity index is 610. The average Bonchev–Trinajstić information content (AvgIpc) is 2.37. The molecule has 1 aliphatic heterocycles. The van der Waals surface area contributed by atoms with Crippen molar-refractivity contribution in [3.8, 4) is 0 Å². The minimum Gasteiger partial charge on any atom is -0.315 e. The van der Waals surface area contributed by atoms with E-state index in [-0.39, 0.29) is 6.04 Å². The summed E-state index contributed by atoms with van der Waals surface area (Å²) in [6, 6.07) is 1.23. The Labute approximate surface area is 119 Å². The smallest absolute Gasteiger partial charge is 0.315 e. The number of rotatable bonds is 3. The maximum absolute atomic E-state index is 13.4. The third kappa shape index (κ3) is 3.92. The zero-order valence-electron chi connectivity index (χ0n) is 10.9. The van der Waals surface area contributed by atoms with Crippen LogP contribution in [0.5, 0.6) is 0 Å². The molecular formula is C12H14F4N2O2S. The third-order valence-electron chi connectivity index (χ3n) is 3.17. The molecule has 0 saturated carbocycles. The van der Waals surface area contributed by atoms with Crippen LogP contribution in [-0.4, -0.2) is 27.5 Å². The first kappa shape index (κ1) is 16.2. The highest BCUT2D eigenvalue weighted by Gasteiger charge is 2.35. The molecule has 1 saturated heterocycles. The fraction of sp³-hybridized carbons (Fsp3) is 0.500. The molecule has 1 aromatic carbocycles. The van der Waals surface area contributed by atoms with E-state index in [1.54, 1.807) is 0 Å². The van der Waals surface area contributed by atoms with E-state index in [2.05, 4.69) is 10.0 Å². The van der Waals surface area contributed by atoms with Crippen molar-refractivity contribution in [3.05, 3.63) is 29.6 Å². The summed E-state index contributed by atoms with van der Waals surface area (Å²) in [5, 5.41) is 3.00. The molecule has 0 amide bonds. The Morgan fingerprint density at radius 2 is 2.00 bits per heavy atom. The Morgan fingerprint density at radius 3 is 2.52 bits per heavy atom. The van der Waals surface area contributed by atoms with E-state index in [1.165, 1.54) is 0 Å². The van der Waals surface area contributed by atoms with Gasteiger partial charge in [-0.3, -0.25) is 0 Å².